The lowest BCUT2D eigenvalue weighted by molar-refractivity contribution is -0.164. The lowest BCUT2D eigenvalue weighted by atomic mass is 9.45. The summed E-state index contributed by atoms with van der Waals surface area (Å²) in [5.74, 6) is 3.83. The molecule has 1 aromatic rings. The summed E-state index contributed by atoms with van der Waals surface area (Å²) in [5, 5.41) is 0. The standard InChI is InChI=1S/C24H35N3O2/c1-15-11-19-24(3,8-6-21(28)27(19)4)17-5-7-23(2)13-16(12-18(23)22(15)17)29-20-14-25-9-10-26-20/h9-10,14-19,22H,5-8,11-13H2,1-4H3/t15?,16-,17?,18?,19?,22?,23?,24?/m0/s1. The van der Waals surface area contributed by atoms with Crippen molar-refractivity contribution in [2.45, 2.75) is 77.9 Å². The highest BCUT2D eigenvalue weighted by atomic mass is 16.5. The van der Waals surface area contributed by atoms with Crippen LogP contribution in [0.25, 0.3) is 0 Å². The van der Waals surface area contributed by atoms with Gasteiger partial charge in [0.2, 0.25) is 11.8 Å². The molecule has 0 aromatic carbocycles. The van der Waals surface area contributed by atoms with Crippen LogP contribution in [-0.2, 0) is 4.79 Å². The Morgan fingerprint density at radius 3 is 2.76 bits per heavy atom. The number of rotatable bonds is 2. The third kappa shape index (κ3) is 2.90. The summed E-state index contributed by atoms with van der Waals surface area (Å²) in [6.45, 7) is 7.45. The predicted molar refractivity (Wildman–Crippen MR) is 111 cm³/mol. The van der Waals surface area contributed by atoms with Crippen molar-refractivity contribution in [2.75, 3.05) is 7.05 Å². The van der Waals surface area contributed by atoms with E-state index in [1.807, 2.05) is 7.05 Å². The third-order valence-electron chi connectivity index (χ3n) is 9.49. The number of piperidine rings is 1. The van der Waals surface area contributed by atoms with Gasteiger partial charge in [-0.05, 0) is 73.0 Å². The molecule has 5 nitrogen and oxygen atoms in total. The van der Waals surface area contributed by atoms with Crippen molar-refractivity contribution < 1.29 is 9.53 Å². The molecule has 1 aliphatic heterocycles. The van der Waals surface area contributed by atoms with Crippen LogP contribution < -0.4 is 4.74 Å². The van der Waals surface area contributed by atoms with Gasteiger partial charge in [0.1, 0.15) is 6.10 Å². The fourth-order valence-electron chi connectivity index (χ4n) is 8.06. The molecule has 1 aromatic heterocycles. The van der Waals surface area contributed by atoms with Gasteiger partial charge < -0.3 is 9.64 Å². The largest absolute Gasteiger partial charge is 0.473 e. The van der Waals surface area contributed by atoms with Gasteiger partial charge in [0.05, 0.1) is 6.20 Å². The summed E-state index contributed by atoms with van der Waals surface area (Å²) in [6, 6.07) is 0.414. The van der Waals surface area contributed by atoms with Gasteiger partial charge in [-0.2, -0.15) is 0 Å². The van der Waals surface area contributed by atoms with Gasteiger partial charge in [-0.3, -0.25) is 9.78 Å². The van der Waals surface area contributed by atoms with Crippen LogP contribution in [-0.4, -0.2) is 40.0 Å². The maximum Gasteiger partial charge on any atom is 0.232 e. The molecule has 1 saturated heterocycles. The summed E-state index contributed by atoms with van der Waals surface area (Å²) in [5.41, 5.74) is 0.632. The van der Waals surface area contributed by atoms with Crippen molar-refractivity contribution in [2.24, 2.45) is 34.5 Å². The molecule has 158 valence electrons. The quantitative estimate of drug-likeness (QED) is 0.745. The molecule has 4 fully saturated rings. The summed E-state index contributed by atoms with van der Waals surface area (Å²) in [7, 11) is 2.05. The van der Waals surface area contributed by atoms with Crippen LogP contribution in [0.4, 0.5) is 0 Å². The molecule has 0 radical (unpaired) electrons. The number of carbonyl (C=O) groups excluding carboxylic acids is 1. The molecule has 7 unspecified atom stereocenters. The molecule has 1 amide bonds. The number of carbonyl (C=O) groups is 1. The van der Waals surface area contributed by atoms with E-state index in [1.54, 1.807) is 18.6 Å². The van der Waals surface area contributed by atoms with Gasteiger partial charge in [0.15, 0.2) is 0 Å². The monoisotopic (exact) mass is 397 g/mol. The van der Waals surface area contributed by atoms with Crippen molar-refractivity contribution in [3.05, 3.63) is 18.6 Å². The topological polar surface area (TPSA) is 55.3 Å². The molecule has 5 rings (SSSR count). The number of aromatic nitrogens is 2. The van der Waals surface area contributed by atoms with Gasteiger partial charge in [-0.25, -0.2) is 4.98 Å². The highest BCUT2D eigenvalue weighted by Crippen LogP contribution is 2.66. The summed E-state index contributed by atoms with van der Waals surface area (Å²) >= 11 is 0. The second-order valence-electron chi connectivity index (χ2n) is 10.9. The van der Waals surface area contributed by atoms with E-state index in [1.165, 1.54) is 12.8 Å². The molecule has 0 bridgehead atoms. The van der Waals surface area contributed by atoms with Crippen molar-refractivity contribution >= 4 is 5.91 Å². The molecule has 4 aliphatic rings. The second kappa shape index (κ2) is 6.68. The summed E-state index contributed by atoms with van der Waals surface area (Å²) < 4.78 is 6.28. The van der Waals surface area contributed by atoms with Crippen molar-refractivity contribution in [1.29, 1.82) is 0 Å². The van der Waals surface area contributed by atoms with Crippen molar-refractivity contribution in [3.8, 4) is 5.88 Å². The van der Waals surface area contributed by atoms with Crippen LogP contribution >= 0.6 is 0 Å². The van der Waals surface area contributed by atoms with Crippen molar-refractivity contribution in [1.82, 2.24) is 14.9 Å². The predicted octanol–water partition coefficient (Wildman–Crippen LogP) is 4.33. The highest BCUT2D eigenvalue weighted by molar-refractivity contribution is 5.77. The normalized spacial score (nSPS) is 46.6. The number of likely N-dealkylation sites (tertiary alicyclic amines) is 1. The fourth-order valence-corrected chi connectivity index (χ4v) is 8.06. The molecule has 8 atom stereocenters. The van der Waals surface area contributed by atoms with Gasteiger partial charge in [-0.15, -0.1) is 0 Å². The minimum Gasteiger partial charge on any atom is -0.473 e. The summed E-state index contributed by atoms with van der Waals surface area (Å²) in [4.78, 5) is 23.0. The molecule has 2 heterocycles. The first-order valence-electron chi connectivity index (χ1n) is 11.5. The van der Waals surface area contributed by atoms with Crippen LogP contribution in [0.3, 0.4) is 0 Å². The Bertz CT molecular complexity index is 786. The lowest BCUT2D eigenvalue weighted by Gasteiger charge is -2.63. The number of fused-ring (bicyclic) bond motifs is 5. The minimum atomic E-state index is 0.244. The van der Waals surface area contributed by atoms with E-state index >= 15 is 0 Å². The Labute approximate surface area is 174 Å². The van der Waals surface area contributed by atoms with E-state index < -0.39 is 0 Å². The molecule has 0 spiro atoms. The zero-order chi connectivity index (χ0) is 20.4. The average molecular weight is 398 g/mol. The van der Waals surface area contributed by atoms with Crippen LogP contribution in [0.15, 0.2) is 18.6 Å². The van der Waals surface area contributed by atoms with Crippen LogP contribution in [0.1, 0.15) is 65.7 Å². The first-order valence-corrected chi connectivity index (χ1v) is 11.5. The Morgan fingerprint density at radius 1 is 1.17 bits per heavy atom. The molecule has 3 saturated carbocycles. The third-order valence-corrected chi connectivity index (χ3v) is 9.49. The van der Waals surface area contributed by atoms with E-state index in [9.17, 15) is 4.79 Å². The molecular weight excluding hydrogens is 362 g/mol. The Balaban J connectivity index is 1.41. The van der Waals surface area contributed by atoms with E-state index in [0.717, 1.165) is 43.9 Å². The first-order chi connectivity index (χ1) is 13.8. The maximum absolute atomic E-state index is 12.4. The van der Waals surface area contributed by atoms with Gasteiger partial charge in [0, 0.05) is 31.9 Å². The van der Waals surface area contributed by atoms with Crippen LogP contribution in [0, 0.1) is 34.5 Å². The molecule has 3 aliphatic carbocycles. The number of ether oxygens (including phenoxy) is 1. The number of hydrogen-bond acceptors (Lipinski definition) is 4. The van der Waals surface area contributed by atoms with Crippen molar-refractivity contribution in [3.63, 3.8) is 0 Å². The van der Waals surface area contributed by atoms with Gasteiger partial charge in [0.25, 0.3) is 0 Å². The van der Waals surface area contributed by atoms with Crippen LogP contribution in [0.2, 0.25) is 0 Å². The maximum atomic E-state index is 12.4. The fraction of sp³-hybridized carbons (Fsp3) is 0.792. The molecule has 0 N–H and O–H groups in total. The van der Waals surface area contributed by atoms with E-state index in [0.29, 0.717) is 35.1 Å². The number of nitrogens with zero attached hydrogens (tertiary/aromatic N) is 3. The number of hydrogen-bond donors (Lipinski definition) is 0. The second-order valence-corrected chi connectivity index (χ2v) is 10.9. The minimum absolute atomic E-state index is 0.244. The smallest absolute Gasteiger partial charge is 0.232 e. The van der Waals surface area contributed by atoms with E-state index in [4.69, 9.17) is 4.74 Å². The summed E-state index contributed by atoms with van der Waals surface area (Å²) in [6.07, 6.45) is 13.2. The Hall–Kier alpha value is -1.65. The van der Waals surface area contributed by atoms with Gasteiger partial charge in [-0.1, -0.05) is 20.8 Å². The zero-order valence-corrected chi connectivity index (χ0v) is 18.3. The Kier molecular flexibility index (Phi) is 4.45. The van der Waals surface area contributed by atoms with E-state index in [-0.39, 0.29) is 11.5 Å². The lowest BCUT2D eigenvalue weighted by Crippen LogP contribution is -2.62. The first kappa shape index (κ1) is 19.3. The SMILES string of the molecule is CC1CC2N(C)C(=O)CCC2(C)C2CCC3(C)C[C@@H](Oc4cnccn4)CC3C12. The highest BCUT2D eigenvalue weighted by Gasteiger charge is 2.62. The molecular formula is C24H35N3O2. The zero-order valence-electron chi connectivity index (χ0n) is 18.3. The van der Waals surface area contributed by atoms with Gasteiger partial charge >= 0.3 is 0 Å². The number of amides is 1. The van der Waals surface area contributed by atoms with Crippen LogP contribution in [0.5, 0.6) is 5.88 Å². The average Bonchev–Trinajstić information content (AvgIpc) is 3.03. The van der Waals surface area contributed by atoms with E-state index in [2.05, 4.69) is 35.6 Å². The Morgan fingerprint density at radius 2 is 2.00 bits per heavy atom. The molecule has 29 heavy (non-hydrogen) atoms. The molecule has 5 heteroatoms.